The van der Waals surface area contributed by atoms with Gasteiger partial charge in [-0.05, 0) is 12.1 Å². The molecular formula is C13H18N6O2. The first-order valence-electron chi connectivity index (χ1n) is 6.91. The molecule has 2 aromatic rings. The van der Waals surface area contributed by atoms with E-state index in [9.17, 15) is 0 Å². The lowest BCUT2D eigenvalue weighted by atomic mass is 10.4. The van der Waals surface area contributed by atoms with Crippen molar-refractivity contribution < 1.29 is 9.15 Å². The Morgan fingerprint density at radius 2 is 2.29 bits per heavy atom. The number of rotatable bonds is 4. The number of nitrogens with two attached hydrogens (primary N) is 1. The molecule has 0 saturated carbocycles. The predicted octanol–water partition coefficient (Wildman–Crippen LogP) is 0.254. The summed E-state index contributed by atoms with van der Waals surface area (Å²) in [5.74, 6) is 2.53. The molecule has 0 bridgehead atoms. The van der Waals surface area contributed by atoms with Gasteiger partial charge in [-0.25, -0.2) is 4.98 Å². The normalized spacial score (nSPS) is 16.4. The second kappa shape index (κ2) is 6.40. The Balaban J connectivity index is 1.53. The van der Waals surface area contributed by atoms with Crippen LogP contribution >= 0.6 is 0 Å². The van der Waals surface area contributed by atoms with Crippen molar-refractivity contribution in [3.63, 3.8) is 0 Å². The molecule has 1 fully saturated rings. The Bertz CT molecular complexity index is 586. The van der Waals surface area contributed by atoms with Gasteiger partial charge in [0, 0.05) is 26.1 Å². The zero-order valence-corrected chi connectivity index (χ0v) is 11.7. The van der Waals surface area contributed by atoms with E-state index in [-0.39, 0.29) is 0 Å². The summed E-state index contributed by atoms with van der Waals surface area (Å²) in [5, 5.41) is 6.99. The second-order valence-electron chi connectivity index (χ2n) is 4.67. The summed E-state index contributed by atoms with van der Waals surface area (Å²) in [4.78, 5) is 10.8. The fourth-order valence-electron chi connectivity index (χ4n) is 2.09. The molecule has 0 amide bonds. The van der Waals surface area contributed by atoms with Crippen LogP contribution < -0.4 is 5.73 Å². The highest BCUT2D eigenvalue weighted by atomic mass is 16.5. The van der Waals surface area contributed by atoms with Crippen molar-refractivity contribution in [1.82, 2.24) is 20.1 Å². The summed E-state index contributed by atoms with van der Waals surface area (Å²) < 4.78 is 10.5. The number of morpholine rings is 1. The van der Waals surface area contributed by atoms with Crippen LogP contribution in [0, 0.1) is 0 Å². The maximum Gasteiger partial charge on any atom is 0.216 e. The number of aromatic amines is 1. The van der Waals surface area contributed by atoms with E-state index in [4.69, 9.17) is 14.9 Å². The van der Waals surface area contributed by atoms with Crippen molar-refractivity contribution >= 4 is 5.96 Å². The highest BCUT2D eigenvalue weighted by Gasteiger charge is 2.12. The van der Waals surface area contributed by atoms with Crippen molar-refractivity contribution in [2.24, 2.45) is 10.7 Å². The molecule has 0 unspecified atom stereocenters. The van der Waals surface area contributed by atoms with E-state index in [0.29, 0.717) is 43.7 Å². The summed E-state index contributed by atoms with van der Waals surface area (Å²) in [6.07, 6.45) is 2.25. The fourth-order valence-corrected chi connectivity index (χ4v) is 2.09. The van der Waals surface area contributed by atoms with E-state index in [1.165, 1.54) is 0 Å². The highest BCUT2D eigenvalue weighted by molar-refractivity contribution is 5.78. The van der Waals surface area contributed by atoms with Gasteiger partial charge < -0.3 is 19.8 Å². The third-order valence-corrected chi connectivity index (χ3v) is 3.23. The molecule has 3 N–H and O–H groups in total. The van der Waals surface area contributed by atoms with Crippen LogP contribution in [-0.2, 0) is 11.2 Å². The van der Waals surface area contributed by atoms with Gasteiger partial charge in [-0.2, -0.15) is 5.10 Å². The van der Waals surface area contributed by atoms with Gasteiger partial charge >= 0.3 is 0 Å². The molecule has 0 atom stereocenters. The maximum absolute atomic E-state index is 5.95. The largest absolute Gasteiger partial charge is 0.461 e. The first kappa shape index (κ1) is 13.6. The van der Waals surface area contributed by atoms with Crippen LogP contribution in [0.3, 0.4) is 0 Å². The summed E-state index contributed by atoms with van der Waals surface area (Å²) in [5.41, 5.74) is 5.95. The molecule has 1 aliphatic heterocycles. The number of furan rings is 1. The number of hydrogen-bond donors (Lipinski definition) is 2. The lowest BCUT2D eigenvalue weighted by Gasteiger charge is -2.27. The lowest BCUT2D eigenvalue weighted by Crippen LogP contribution is -2.44. The minimum atomic E-state index is 0.556. The molecular weight excluding hydrogens is 272 g/mol. The maximum atomic E-state index is 5.95. The minimum absolute atomic E-state index is 0.556. The van der Waals surface area contributed by atoms with Crippen LogP contribution in [0.5, 0.6) is 0 Å². The molecule has 8 heteroatoms. The Morgan fingerprint density at radius 3 is 3.05 bits per heavy atom. The SMILES string of the molecule is NC(=NCCc1nc(-c2ccco2)n[nH]1)N1CCOCC1. The van der Waals surface area contributed by atoms with Crippen molar-refractivity contribution in [3.8, 4) is 11.6 Å². The highest BCUT2D eigenvalue weighted by Crippen LogP contribution is 2.14. The molecule has 3 heterocycles. The van der Waals surface area contributed by atoms with E-state index in [0.717, 1.165) is 18.9 Å². The second-order valence-corrected chi connectivity index (χ2v) is 4.67. The van der Waals surface area contributed by atoms with Gasteiger partial charge in [0.15, 0.2) is 11.7 Å². The molecule has 112 valence electrons. The van der Waals surface area contributed by atoms with Crippen LogP contribution in [0.2, 0.25) is 0 Å². The molecule has 2 aromatic heterocycles. The summed E-state index contributed by atoms with van der Waals surface area (Å²) in [6.45, 7) is 3.55. The Hall–Kier alpha value is -2.35. The minimum Gasteiger partial charge on any atom is -0.461 e. The first-order valence-corrected chi connectivity index (χ1v) is 6.91. The standard InChI is InChI=1S/C13H18N6O2/c14-13(19-5-8-20-9-6-19)15-4-3-11-16-12(18-17-11)10-2-1-7-21-10/h1-2,7H,3-6,8-9H2,(H2,14,15)(H,16,17,18). The molecule has 0 aromatic carbocycles. The molecule has 0 radical (unpaired) electrons. The number of ether oxygens (including phenoxy) is 1. The summed E-state index contributed by atoms with van der Waals surface area (Å²) in [7, 11) is 0. The first-order chi connectivity index (χ1) is 10.3. The van der Waals surface area contributed by atoms with Crippen LogP contribution in [-0.4, -0.2) is 58.9 Å². The van der Waals surface area contributed by atoms with Crippen molar-refractivity contribution in [2.45, 2.75) is 6.42 Å². The van der Waals surface area contributed by atoms with Crippen LogP contribution in [0.15, 0.2) is 27.8 Å². The van der Waals surface area contributed by atoms with Crippen molar-refractivity contribution in [2.75, 3.05) is 32.8 Å². The number of aromatic nitrogens is 3. The van der Waals surface area contributed by atoms with Crippen LogP contribution in [0.25, 0.3) is 11.6 Å². The molecule has 8 nitrogen and oxygen atoms in total. The predicted molar refractivity (Wildman–Crippen MR) is 76.7 cm³/mol. The summed E-state index contributed by atoms with van der Waals surface area (Å²) in [6, 6.07) is 3.63. The molecule has 21 heavy (non-hydrogen) atoms. The summed E-state index contributed by atoms with van der Waals surface area (Å²) >= 11 is 0. The molecule has 3 rings (SSSR count). The Kier molecular flexibility index (Phi) is 4.15. The van der Waals surface area contributed by atoms with Crippen LogP contribution in [0.1, 0.15) is 5.82 Å². The third kappa shape index (κ3) is 3.40. The van der Waals surface area contributed by atoms with Gasteiger partial charge in [0.25, 0.3) is 0 Å². The molecule has 0 spiro atoms. The van der Waals surface area contributed by atoms with Gasteiger partial charge in [0.05, 0.1) is 19.5 Å². The van der Waals surface area contributed by atoms with E-state index >= 15 is 0 Å². The third-order valence-electron chi connectivity index (χ3n) is 3.23. The smallest absolute Gasteiger partial charge is 0.216 e. The van der Waals surface area contributed by atoms with Crippen LogP contribution in [0.4, 0.5) is 0 Å². The Labute approximate surface area is 122 Å². The van der Waals surface area contributed by atoms with Crippen molar-refractivity contribution in [1.29, 1.82) is 0 Å². The average Bonchev–Trinajstić information content (AvgIpc) is 3.19. The number of nitrogens with one attached hydrogen (secondary N) is 1. The van der Waals surface area contributed by atoms with Gasteiger partial charge in [-0.3, -0.25) is 10.1 Å². The topological polar surface area (TPSA) is 106 Å². The van der Waals surface area contributed by atoms with Gasteiger partial charge in [-0.15, -0.1) is 0 Å². The van der Waals surface area contributed by atoms with Crippen molar-refractivity contribution in [3.05, 3.63) is 24.2 Å². The van der Waals surface area contributed by atoms with Gasteiger partial charge in [0.1, 0.15) is 5.82 Å². The fraction of sp³-hybridized carbons (Fsp3) is 0.462. The zero-order chi connectivity index (χ0) is 14.5. The van der Waals surface area contributed by atoms with E-state index in [1.807, 2.05) is 11.0 Å². The molecule has 0 aliphatic carbocycles. The zero-order valence-electron chi connectivity index (χ0n) is 11.7. The number of H-pyrrole nitrogens is 1. The quantitative estimate of drug-likeness (QED) is 0.618. The number of guanidine groups is 1. The molecule has 1 aliphatic rings. The van der Waals surface area contributed by atoms with E-state index in [2.05, 4.69) is 20.2 Å². The lowest BCUT2D eigenvalue weighted by molar-refractivity contribution is 0.0674. The van der Waals surface area contributed by atoms with E-state index in [1.54, 1.807) is 12.3 Å². The number of hydrogen-bond acceptors (Lipinski definition) is 5. The number of nitrogens with zero attached hydrogens (tertiary/aromatic N) is 4. The van der Waals surface area contributed by atoms with E-state index < -0.39 is 0 Å². The average molecular weight is 290 g/mol. The number of aliphatic imine (C=N–C) groups is 1. The molecule has 1 saturated heterocycles. The monoisotopic (exact) mass is 290 g/mol. The Morgan fingerprint density at radius 1 is 1.43 bits per heavy atom. The van der Waals surface area contributed by atoms with Gasteiger partial charge in [0.2, 0.25) is 5.82 Å². The van der Waals surface area contributed by atoms with Gasteiger partial charge in [-0.1, -0.05) is 0 Å².